The Balaban J connectivity index is 2.46. The summed E-state index contributed by atoms with van der Waals surface area (Å²) in [6.45, 7) is 0. The van der Waals surface area contributed by atoms with Crippen molar-refractivity contribution in [3.05, 3.63) is 56.6 Å². The summed E-state index contributed by atoms with van der Waals surface area (Å²) in [7, 11) is 0. The van der Waals surface area contributed by atoms with Crippen LogP contribution in [-0.4, -0.2) is 9.85 Å². The molecule has 2 aromatic rings. The van der Waals surface area contributed by atoms with Gasteiger partial charge in [-0.3, -0.25) is 20.2 Å². The maximum Gasteiger partial charge on any atom is 0.302 e. The van der Waals surface area contributed by atoms with E-state index in [0.29, 0.717) is 11.4 Å². The molecule has 0 aliphatic heterocycles. The molecule has 0 aliphatic rings. The Hall–Kier alpha value is -3.36. The Bertz CT molecular complexity index is 679. The van der Waals surface area contributed by atoms with E-state index in [1.807, 2.05) is 0 Å². The van der Waals surface area contributed by atoms with Gasteiger partial charge in [-0.15, -0.1) is 0 Å². The van der Waals surface area contributed by atoms with Crippen molar-refractivity contribution < 1.29 is 14.6 Å². The van der Waals surface area contributed by atoms with Gasteiger partial charge in [-0.1, -0.05) is 0 Å². The molecular weight excluding hydrogens is 280 g/mol. The van der Waals surface area contributed by atoms with E-state index in [2.05, 4.69) is 0 Å². The average Bonchev–Trinajstić information content (AvgIpc) is 2.42. The first-order valence-corrected chi connectivity index (χ1v) is 5.64. The molecule has 0 unspecified atom stereocenters. The molecular formula is C12H10N4O5. The van der Waals surface area contributed by atoms with Crippen molar-refractivity contribution in [1.82, 2.24) is 0 Å². The van der Waals surface area contributed by atoms with Gasteiger partial charge in [0.1, 0.15) is 11.5 Å². The highest BCUT2D eigenvalue weighted by atomic mass is 16.6. The summed E-state index contributed by atoms with van der Waals surface area (Å²) in [5.74, 6) is 0.268. The second-order valence-electron chi connectivity index (χ2n) is 4.06. The number of ether oxygens (including phenoxy) is 1. The zero-order valence-corrected chi connectivity index (χ0v) is 10.6. The first-order valence-electron chi connectivity index (χ1n) is 5.64. The van der Waals surface area contributed by atoms with Crippen molar-refractivity contribution in [2.24, 2.45) is 0 Å². The number of hydrogen-bond donors (Lipinski definition) is 2. The number of nitrogens with two attached hydrogens (primary N) is 2. The van der Waals surface area contributed by atoms with Gasteiger partial charge in [-0.25, -0.2) is 0 Å². The fourth-order valence-electron chi connectivity index (χ4n) is 1.63. The van der Waals surface area contributed by atoms with Crippen LogP contribution in [-0.2, 0) is 0 Å². The third-order valence-corrected chi connectivity index (χ3v) is 2.62. The maximum absolute atomic E-state index is 10.9. The van der Waals surface area contributed by atoms with Gasteiger partial charge in [-0.2, -0.15) is 0 Å². The van der Waals surface area contributed by atoms with Gasteiger partial charge in [-0.05, 0) is 24.3 Å². The van der Waals surface area contributed by atoms with Gasteiger partial charge in [0.25, 0.3) is 0 Å². The molecule has 0 aromatic heterocycles. The van der Waals surface area contributed by atoms with Crippen molar-refractivity contribution in [2.75, 3.05) is 11.5 Å². The summed E-state index contributed by atoms with van der Waals surface area (Å²) >= 11 is 0. The molecule has 0 radical (unpaired) electrons. The lowest BCUT2D eigenvalue weighted by atomic mass is 10.2. The highest BCUT2D eigenvalue weighted by Gasteiger charge is 2.25. The highest BCUT2D eigenvalue weighted by molar-refractivity contribution is 5.73. The SMILES string of the molecule is Nc1ccc(Oc2cc([N+](=O)[O-])c(N)c([N+](=O)[O-])c2)cc1. The number of rotatable bonds is 4. The number of nitrogen functional groups attached to an aromatic ring is 2. The molecule has 21 heavy (non-hydrogen) atoms. The minimum absolute atomic E-state index is 0.0626. The maximum atomic E-state index is 10.9. The number of nitro benzene ring substituents is 2. The van der Waals surface area contributed by atoms with E-state index in [0.717, 1.165) is 12.1 Å². The van der Waals surface area contributed by atoms with Crippen molar-refractivity contribution in [1.29, 1.82) is 0 Å². The normalized spacial score (nSPS) is 10.1. The zero-order valence-electron chi connectivity index (χ0n) is 10.6. The Labute approximate surface area is 118 Å². The third kappa shape index (κ3) is 2.97. The molecule has 0 aliphatic carbocycles. The molecule has 0 atom stereocenters. The molecule has 0 saturated heterocycles. The molecule has 4 N–H and O–H groups in total. The van der Waals surface area contributed by atoms with Crippen LogP contribution in [0.25, 0.3) is 0 Å². The smallest absolute Gasteiger partial charge is 0.302 e. The summed E-state index contributed by atoms with van der Waals surface area (Å²) in [4.78, 5) is 20.1. The van der Waals surface area contributed by atoms with E-state index in [1.165, 1.54) is 12.1 Å². The molecule has 2 aromatic carbocycles. The lowest BCUT2D eigenvalue weighted by Crippen LogP contribution is -2.01. The van der Waals surface area contributed by atoms with E-state index < -0.39 is 26.9 Å². The monoisotopic (exact) mass is 290 g/mol. The third-order valence-electron chi connectivity index (χ3n) is 2.62. The van der Waals surface area contributed by atoms with Crippen LogP contribution in [0.15, 0.2) is 36.4 Å². The van der Waals surface area contributed by atoms with Crippen LogP contribution < -0.4 is 16.2 Å². The number of benzene rings is 2. The number of hydrogen-bond acceptors (Lipinski definition) is 7. The van der Waals surface area contributed by atoms with Crippen LogP contribution >= 0.6 is 0 Å². The van der Waals surface area contributed by atoms with Crippen molar-refractivity contribution in [3.63, 3.8) is 0 Å². The Morgan fingerprint density at radius 1 is 0.857 bits per heavy atom. The highest BCUT2D eigenvalue weighted by Crippen LogP contribution is 2.37. The first-order chi connectivity index (χ1) is 9.88. The van der Waals surface area contributed by atoms with Crippen LogP contribution in [0.1, 0.15) is 0 Å². The van der Waals surface area contributed by atoms with Gasteiger partial charge in [0.2, 0.25) is 0 Å². The minimum atomic E-state index is -0.807. The Morgan fingerprint density at radius 3 is 1.76 bits per heavy atom. The fourth-order valence-corrected chi connectivity index (χ4v) is 1.63. The summed E-state index contributed by atoms with van der Waals surface area (Å²) in [5.41, 5.74) is 9.74. The van der Waals surface area contributed by atoms with Gasteiger partial charge in [0.05, 0.1) is 22.0 Å². The molecule has 0 heterocycles. The zero-order chi connectivity index (χ0) is 15.6. The molecule has 0 spiro atoms. The summed E-state index contributed by atoms with van der Waals surface area (Å²) in [5, 5.41) is 21.8. The quantitative estimate of drug-likeness (QED) is 0.499. The number of nitro groups is 2. The molecule has 0 amide bonds. The van der Waals surface area contributed by atoms with Gasteiger partial charge in [0, 0.05) is 5.69 Å². The van der Waals surface area contributed by atoms with E-state index in [-0.39, 0.29) is 5.75 Å². The lowest BCUT2D eigenvalue weighted by molar-refractivity contribution is -0.392. The summed E-state index contributed by atoms with van der Waals surface area (Å²) in [6, 6.07) is 8.25. The summed E-state index contributed by atoms with van der Waals surface area (Å²) < 4.78 is 5.35. The predicted molar refractivity (Wildman–Crippen MR) is 75.1 cm³/mol. The standard InChI is InChI=1S/C12H10N4O5/c13-7-1-3-8(4-2-7)21-9-5-10(15(17)18)12(14)11(6-9)16(19)20/h1-6H,13-14H2. The fraction of sp³-hybridized carbons (Fsp3) is 0. The molecule has 9 nitrogen and oxygen atoms in total. The van der Waals surface area contributed by atoms with Crippen molar-refractivity contribution in [3.8, 4) is 11.5 Å². The Kier molecular flexibility index (Phi) is 3.57. The van der Waals surface area contributed by atoms with Gasteiger partial charge < -0.3 is 16.2 Å². The molecule has 0 saturated carbocycles. The number of nitrogens with zero attached hydrogens (tertiary/aromatic N) is 2. The number of anilines is 2. The largest absolute Gasteiger partial charge is 0.457 e. The van der Waals surface area contributed by atoms with Crippen molar-refractivity contribution >= 4 is 22.7 Å². The molecule has 0 bridgehead atoms. The van der Waals surface area contributed by atoms with E-state index >= 15 is 0 Å². The first kappa shape index (κ1) is 14.1. The van der Waals surface area contributed by atoms with Gasteiger partial charge >= 0.3 is 11.4 Å². The Morgan fingerprint density at radius 2 is 1.33 bits per heavy atom. The molecule has 9 heteroatoms. The van der Waals surface area contributed by atoms with Crippen LogP contribution in [0.3, 0.4) is 0 Å². The van der Waals surface area contributed by atoms with Crippen molar-refractivity contribution in [2.45, 2.75) is 0 Å². The molecule has 108 valence electrons. The second-order valence-corrected chi connectivity index (χ2v) is 4.06. The average molecular weight is 290 g/mol. The predicted octanol–water partition coefficient (Wildman–Crippen LogP) is 2.46. The molecule has 2 rings (SSSR count). The summed E-state index contributed by atoms with van der Waals surface area (Å²) in [6.07, 6.45) is 0. The van der Waals surface area contributed by atoms with Gasteiger partial charge in [0.15, 0.2) is 5.69 Å². The minimum Gasteiger partial charge on any atom is -0.457 e. The van der Waals surface area contributed by atoms with E-state index in [4.69, 9.17) is 16.2 Å². The lowest BCUT2D eigenvalue weighted by Gasteiger charge is -2.07. The van der Waals surface area contributed by atoms with E-state index in [9.17, 15) is 20.2 Å². The second kappa shape index (κ2) is 5.33. The topological polar surface area (TPSA) is 148 Å². The van der Waals surface area contributed by atoms with Crippen LogP contribution in [0.4, 0.5) is 22.7 Å². The van der Waals surface area contributed by atoms with Crippen LogP contribution in [0, 0.1) is 20.2 Å². The van der Waals surface area contributed by atoms with E-state index in [1.54, 1.807) is 12.1 Å². The van der Waals surface area contributed by atoms with Crippen LogP contribution in [0.2, 0.25) is 0 Å². The molecule has 0 fully saturated rings. The van der Waals surface area contributed by atoms with Crippen LogP contribution in [0.5, 0.6) is 11.5 Å².